The van der Waals surface area contributed by atoms with Crippen molar-refractivity contribution in [3.05, 3.63) is 0 Å². The van der Waals surface area contributed by atoms with Crippen molar-refractivity contribution in [3.8, 4) is 0 Å². The minimum absolute atomic E-state index is 0.218. The number of methoxy groups -OCH3 is 1. The second-order valence-electron chi connectivity index (χ2n) is 5.27. The second kappa shape index (κ2) is 8.37. The first kappa shape index (κ1) is 21.7. The van der Waals surface area contributed by atoms with E-state index in [2.05, 4.69) is 9.98 Å². The summed E-state index contributed by atoms with van der Waals surface area (Å²) in [5.41, 5.74) is 0. The zero-order valence-electron chi connectivity index (χ0n) is 14.8. The fraction of sp³-hybridized carbons (Fsp3) is 0.846. The van der Waals surface area contributed by atoms with E-state index in [-0.39, 0.29) is 13.2 Å². The largest absolute Gasteiger partial charge is 0.454 e. The molecule has 1 unspecified atom stereocenters. The zero-order chi connectivity index (χ0) is 19.3. The van der Waals surface area contributed by atoms with Crippen molar-refractivity contribution in [2.45, 2.75) is 38.3 Å². The van der Waals surface area contributed by atoms with E-state index in [0.29, 0.717) is 12.8 Å². The number of alkyl halides is 3. The molecule has 0 N–H and O–H groups in total. The van der Waals surface area contributed by atoms with E-state index in [1.807, 2.05) is 0 Å². The third-order valence-corrected chi connectivity index (χ3v) is 5.19. The smallest absolute Gasteiger partial charge is 0.447 e. The molecule has 1 heterocycles. The third-order valence-electron chi connectivity index (χ3n) is 2.93. The molecule has 0 aliphatic carbocycles. The first-order valence-corrected chi connectivity index (χ1v) is 9.16. The van der Waals surface area contributed by atoms with Gasteiger partial charge in [0.25, 0.3) is 6.02 Å². The molecule has 0 radical (unpaired) electrons. The van der Waals surface area contributed by atoms with Crippen LogP contribution < -0.4 is 0 Å². The van der Waals surface area contributed by atoms with Crippen LogP contribution >= 0.6 is 7.60 Å². The SMILES string of the molecule is CCCOP(=O)(OCCC)C1(C(F)(F)F)N=C(OC)OC(N(C)C)=N1. The Hall–Kier alpha value is -1.32. The lowest BCUT2D eigenvalue weighted by Crippen LogP contribution is -2.49. The predicted molar refractivity (Wildman–Crippen MR) is 85.5 cm³/mol. The molecule has 1 aliphatic rings. The van der Waals surface area contributed by atoms with Gasteiger partial charge in [-0.2, -0.15) is 23.2 Å². The van der Waals surface area contributed by atoms with Crippen LogP contribution in [0.4, 0.5) is 13.2 Å². The van der Waals surface area contributed by atoms with Crippen LogP contribution in [0.25, 0.3) is 0 Å². The quantitative estimate of drug-likeness (QED) is 0.622. The molecule has 0 amide bonds. The van der Waals surface area contributed by atoms with Gasteiger partial charge in [-0.25, -0.2) is 0 Å². The summed E-state index contributed by atoms with van der Waals surface area (Å²) in [5.74, 6) is 0. The van der Waals surface area contributed by atoms with Crippen LogP contribution in [0.15, 0.2) is 9.98 Å². The van der Waals surface area contributed by atoms with Crippen LogP contribution in [-0.2, 0) is 23.1 Å². The lowest BCUT2D eigenvalue weighted by atomic mass is 10.5. The average Bonchev–Trinajstić information content (AvgIpc) is 2.56. The average molecular weight is 389 g/mol. The maximum atomic E-state index is 14.0. The Morgan fingerprint density at radius 1 is 1.16 bits per heavy atom. The van der Waals surface area contributed by atoms with Gasteiger partial charge in [-0.3, -0.25) is 4.57 Å². The maximum absolute atomic E-state index is 14.0. The molecule has 0 saturated heterocycles. The lowest BCUT2D eigenvalue weighted by Gasteiger charge is -2.36. The molecule has 1 atom stereocenters. The number of nitrogens with zero attached hydrogens (tertiary/aromatic N) is 3. The van der Waals surface area contributed by atoms with Crippen LogP contribution in [0, 0.1) is 0 Å². The number of ether oxygens (including phenoxy) is 2. The molecule has 0 bridgehead atoms. The summed E-state index contributed by atoms with van der Waals surface area (Å²) in [6.45, 7) is 2.88. The summed E-state index contributed by atoms with van der Waals surface area (Å²) in [7, 11) is -1.01. The summed E-state index contributed by atoms with van der Waals surface area (Å²) in [6, 6.07) is -0.482. The van der Waals surface area contributed by atoms with Crippen LogP contribution in [0.3, 0.4) is 0 Å². The molecule has 25 heavy (non-hydrogen) atoms. The number of hydrogen-bond acceptors (Lipinski definition) is 8. The monoisotopic (exact) mass is 389 g/mol. The highest BCUT2D eigenvalue weighted by Crippen LogP contribution is 2.68. The molecule has 0 spiro atoms. The van der Waals surface area contributed by atoms with Gasteiger partial charge in [0.2, 0.25) is 0 Å². The Balaban J connectivity index is 3.62. The minimum atomic E-state index is -5.18. The molecule has 0 aromatic rings. The van der Waals surface area contributed by atoms with Crippen molar-refractivity contribution in [2.75, 3.05) is 34.4 Å². The predicted octanol–water partition coefficient (Wildman–Crippen LogP) is 3.20. The molecule has 0 aromatic heterocycles. The summed E-state index contributed by atoms with van der Waals surface area (Å²) >= 11 is 0. The van der Waals surface area contributed by atoms with Crippen molar-refractivity contribution < 1.29 is 36.3 Å². The first-order chi connectivity index (χ1) is 11.6. The van der Waals surface area contributed by atoms with Crippen LogP contribution in [0.1, 0.15) is 26.7 Å². The topological polar surface area (TPSA) is 82.0 Å². The Bertz CT molecular complexity index is 556. The van der Waals surface area contributed by atoms with E-state index >= 15 is 0 Å². The van der Waals surface area contributed by atoms with Crippen LogP contribution in [0.5, 0.6) is 0 Å². The molecule has 146 valence electrons. The van der Waals surface area contributed by atoms with Crippen molar-refractivity contribution in [3.63, 3.8) is 0 Å². The molecule has 0 fully saturated rings. The highest BCUT2D eigenvalue weighted by atomic mass is 31.2. The van der Waals surface area contributed by atoms with Gasteiger partial charge in [-0.05, 0) is 12.8 Å². The molecule has 0 aromatic carbocycles. The van der Waals surface area contributed by atoms with Crippen molar-refractivity contribution in [2.24, 2.45) is 9.98 Å². The summed E-state index contributed by atoms with van der Waals surface area (Å²) in [6.07, 6.45) is -5.26. The number of rotatable bonds is 7. The third kappa shape index (κ3) is 4.45. The van der Waals surface area contributed by atoms with E-state index < -0.39 is 31.3 Å². The van der Waals surface area contributed by atoms with Gasteiger partial charge in [0.15, 0.2) is 0 Å². The molecular weight excluding hydrogens is 366 g/mol. The Morgan fingerprint density at radius 2 is 1.68 bits per heavy atom. The molecule has 8 nitrogen and oxygen atoms in total. The highest BCUT2D eigenvalue weighted by Gasteiger charge is 2.72. The summed E-state index contributed by atoms with van der Waals surface area (Å²) in [5, 5.41) is -3.51. The van der Waals surface area contributed by atoms with Gasteiger partial charge in [-0.1, -0.05) is 13.8 Å². The zero-order valence-corrected chi connectivity index (χ0v) is 15.7. The van der Waals surface area contributed by atoms with Gasteiger partial charge in [0.1, 0.15) is 0 Å². The fourth-order valence-electron chi connectivity index (χ4n) is 1.73. The Kier molecular flexibility index (Phi) is 7.28. The molecule has 12 heteroatoms. The lowest BCUT2D eigenvalue weighted by molar-refractivity contribution is -0.166. The van der Waals surface area contributed by atoms with E-state index in [1.165, 1.54) is 14.1 Å². The molecular formula is C13H23F3N3O5P. The standard InChI is InChI=1S/C13H23F3N3O5P/c1-6-8-22-25(20,23-9-7-2)13(12(14,15)16)17-10(19(3)4)24-11(18-13)21-5/h6-9H2,1-5H3. The van der Waals surface area contributed by atoms with Crippen molar-refractivity contribution >= 4 is 19.7 Å². The number of aliphatic imine (C=N–C) groups is 2. The fourth-order valence-corrected chi connectivity index (χ4v) is 3.74. The Labute approximate surface area is 144 Å². The number of halogens is 3. The normalized spacial score (nSPS) is 21.3. The van der Waals surface area contributed by atoms with Crippen molar-refractivity contribution in [1.29, 1.82) is 0 Å². The van der Waals surface area contributed by atoms with Crippen LogP contribution in [-0.4, -0.2) is 63.0 Å². The summed E-state index contributed by atoms with van der Waals surface area (Å²) < 4.78 is 75.0. The van der Waals surface area contributed by atoms with Gasteiger partial charge in [-0.15, -0.1) is 0 Å². The van der Waals surface area contributed by atoms with Crippen molar-refractivity contribution in [1.82, 2.24) is 4.90 Å². The van der Waals surface area contributed by atoms with Gasteiger partial charge >= 0.3 is 25.3 Å². The second-order valence-corrected chi connectivity index (χ2v) is 7.40. The van der Waals surface area contributed by atoms with Gasteiger partial charge in [0.05, 0.1) is 20.3 Å². The highest BCUT2D eigenvalue weighted by molar-refractivity contribution is 7.55. The molecule has 0 saturated carbocycles. The minimum Gasteiger partial charge on any atom is -0.454 e. The van der Waals surface area contributed by atoms with E-state index in [4.69, 9.17) is 18.5 Å². The molecule has 1 aliphatic heterocycles. The van der Waals surface area contributed by atoms with E-state index in [0.717, 1.165) is 12.0 Å². The number of hydrogen-bond donors (Lipinski definition) is 0. The van der Waals surface area contributed by atoms with E-state index in [1.54, 1.807) is 13.8 Å². The summed E-state index contributed by atoms with van der Waals surface area (Å²) in [4.78, 5) is 7.97. The maximum Gasteiger partial charge on any atom is 0.447 e. The number of amidine groups is 1. The first-order valence-electron chi connectivity index (χ1n) is 7.61. The molecule has 1 rings (SSSR count). The Morgan fingerprint density at radius 3 is 2.04 bits per heavy atom. The van der Waals surface area contributed by atoms with Crippen LogP contribution in [0.2, 0.25) is 0 Å². The van der Waals surface area contributed by atoms with Gasteiger partial charge in [0, 0.05) is 14.1 Å². The van der Waals surface area contributed by atoms with Gasteiger partial charge < -0.3 is 23.4 Å². The van der Waals surface area contributed by atoms with E-state index in [9.17, 15) is 17.7 Å².